The molecule has 0 aliphatic carbocycles. The van der Waals surface area contributed by atoms with Crippen LogP contribution in [0.2, 0.25) is 0 Å². The van der Waals surface area contributed by atoms with Crippen molar-refractivity contribution in [3.8, 4) is 5.75 Å². The van der Waals surface area contributed by atoms with E-state index in [9.17, 15) is 9.59 Å². The summed E-state index contributed by atoms with van der Waals surface area (Å²) < 4.78 is 5.15. The summed E-state index contributed by atoms with van der Waals surface area (Å²) in [4.78, 5) is 28.5. The highest BCUT2D eigenvalue weighted by Gasteiger charge is 2.17. The third-order valence-electron chi connectivity index (χ3n) is 3.44. The molecule has 0 saturated heterocycles. The Hall–Kier alpha value is -3.41. The van der Waals surface area contributed by atoms with Crippen LogP contribution < -0.4 is 15.4 Å². The number of hydrogen-bond acceptors (Lipinski definition) is 4. The Morgan fingerprint density at radius 2 is 1.54 bits per heavy atom. The van der Waals surface area contributed by atoms with Crippen molar-refractivity contribution in [3.05, 3.63) is 60.8 Å². The molecule has 120 valence electrons. The van der Waals surface area contributed by atoms with Crippen LogP contribution in [0.3, 0.4) is 0 Å². The number of methoxy groups -OCH3 is 1. The summed E-state index contributed by atoms with van der Waals surface area (Å²) in [5.41, 5.74) is 1.53. The van der Waals surface area contributed by atoms with Crippen LogP contribution in [-0.2, 0) is 9.59 Å². The molecular weight excluding hydrogens is 306 g/mol. The van der Waals surface area contributed by atoms with Gasteiger partial charge in [-0.05, 0) is 24.3 Å². The molecule has 2 aromatic carbocycles. The smallest absolute Gasteiger partial charge is 0.314 e. The standard InChI is InChI=1S/C18H15N3O3/c1-24-15-10-3-2-8-13(15)20-17(22)18(23)21-14-9-4-6-12-7-5-11-19-16(12)14/h2-11H,1H3,(H,20,22)(H,21,23). The van der Waals surface area contributed by atoms with E-state index in [4.69, 9.17) is 4.74 Å². The van der Waals surface area contributed by atoms with E-state index in [0.29, 0.717) is 22.6 Å². The monoisotopic (exact) mass is 321 g/mol. The molecule has 1 aromatic heterocycles. The van der Waals surface area contributed by atoms with E-state index in [2.05, 4.69) is 15.6 Å². The molecule has 2 amide bonds. The number of rotatable bonds is 3. The average Bonchev–Trinajstić information content (AvgIpc) is 2.62. The van der Waals surface area contributed by atoms with Gasteiger partial charge in [0.25, 0.3) is 0 Å². The molecule has 24 heavy (non-hydrogen) atoms. The molecule has 0 atom stereocenters. The van der Waals surface area contributed by atoms with Gasteiger partial charge in [-0.2, -0.15) is 0 Å². The van der Waals surface area contributed by atoms with Crippen LogP contribution in [0.25, 0.3) is 10.9 Å². The van der Waals surface area contributed by atoms with E-state index >= 15 is 0 Å². The van der Waals surface area contributed by atoms with E-state index in [1.54, 1.807) is 42.6 Å². The molecule has 0 aliphatic rings. The molecule has 0 unspecified atom stereocenters. The van der Waals surface area contributed by atoms with Crippen molar-refractivity contribution in [2.75, 3.05) is 17.7 Å². The Bertz CT molecular complexity index is 903. The number of hydrogen-bond donors (Lipinski definition) is 2. The number of fused-ring (bicyclic) bond motifs is 1. The van der Waals surface area contributed by atoms with Gasteiger partial charge in [-0.1, -0.05) is 30.3 Å². The second-order valence-electron chi connectivity index (χ2n) is 4.99. The fourth-order valence-electron chi connectivity index (χ4n) is 2.31. The Morgan fingerprint density at radius 3 is 2.33 bits per heavy atom. The number of nitrogens with one attached hydrogen (secondary N) is 2. The van der Waals surface area contributed by atoms with Gasteiger partial charge in [0, 0.05) is 11.6 Å². The van der Waals surface area contributed by atoms with E-state index in [1.807, 2.05) is 18.2 Å². The number of aromatic nitrogens is 1. The lowest BCUT2D eigenvalue weighted by molar-refractivity contribution is -0.132. The van der Waals surface area contributed by atoms with Crippen LogP contribution in [0, 0.1) is 0 Å². The van der Waals surface area contributed by atoms with Crippen LogP contribution in [-0.4, -0.2) is 23.9 Å². The first-order chi connectivity index (χ1) is 11.7. The number of carbonyl (C=O) groups excluding carboxylic acids is 2. The third-order valence-corrected chi connectivity index (χ3v) is 3.44. The van der Waals surface area contributed by atoms with Crippen molar-refractivity contribution >= 4 is 34.1 Å². The van der Waals surface area contributed by atoms with Gasteiger partial charge in [-0.25, -0.2) is 0 Å². The summed E-state index contributed by atoms with van der Waals surface area (Å²) in [6.45, 7) is 0. The SMILES string of the molecule is COc1ccccc1NC(=O)C(=O)Nc1cccc2cccnc12. The Balaban J connectivity index is 1.78. The first-order valence-electron chi connectivity index (χ1n) is 7.28. The van der Waals surface area contributed by atoms with Crippen LogP contribution in [0.4, 0.5) is 11.4 Å². The zero-order chi connectivity index (χ0) is 16.9. The average molecular weight is 321 g/mol. The van der Waals surface area contributed by atoms with Crippen LogP contribution in [0.1, 0.15) is 0 Å². The topological polar surface area (TPSA) is 80.3 Å². The largest absolute Gasteiger partial charge is 0.495 e. The highest BCUT2D eigenvalue weighted by molar-refractivity contribution is 6.44. The first kappa shape index (κ1) is 15.5. The number of benzene rings is 2. The first-order valence-corrected chi connectivity index (χ1v) is 7.28. The lowest BCUT2D eigenvalue weighted by atomic mass is 10.2. The molecule has 1 heterocycles. The van der Waals surface area contributed by atoms with E-state index in [0.717, 1.165) is 5.39 Å². The number of nitrogens with zero attached hydrogens (tertiary/aromatic N) is 1. The second kappa shape index (κ2) is 6.78. The van der Waals surface area contributed by atoms with Crippen LogP contribution in [0.5, 0.6) is 5.75 Å². The number of para-hydroxylation sites is 3. The molecule has 3 rings (SSSR count). The molecule has 0 spiro atoms. The second-order valence-corrected chi connectivity index (χ2v) is 4.99. The summed E-state index contributed by atoms with van der Waals surface area (Å²) >= 11 is 0. The van der Waals surface area contributed by atoms with Crippen molar-refractivity contribution in [2.45, 2.75) is 0 Å². The molecule has 3 aromatic rings. The van der Waals surface area contributed by atoms with E-state index in [1.165, 1.54) is 7.11 Å². The number of pyridine rings is 1. The van der Waals surface area contributed by atoms with Gasteiger partial charge in [0.1, 0.15) is 5.75 Å². The van der Waals surface area contributed by atoms with Crippen molar-refractivity contribution in [3.63, 3.8) is 0 Å². The van der Waals surface area contributed by atoms with Crippen molar-refractivity contribution in [2.24, 2.45) is 0 Å². The van der Waals surface area contributed by atoms with Gasteiger partial charge in [0.15, 0.2) is 0 Å². The van der Waals surface area contributed by atoms with Gasteiger partial charge in [-0.3, -0.25) is 14.6 Å². The minimum absolute atomic E-state index is 0.427. The van der Waals surface area contributed by atoms with Crippen molar-refractivity contribution in [1.82, 2.24) is 4.98 Å². The molecule has 6 nitrogen and oxygen atoms in total. The highest BCUT2D eigenvalue weighted by atomic mass is 16.5. The van der Waals surface area contributed by atoms with Gasteiger partial charge < -0.3 is 15.4 Å². The summed E-state index contributed by atoms with van der Waals surface area (Å²) in [7, 11) is 1.49. The predicted molar refractivity (Wildman–Crippen MR) is 92.0 cm³/mol. The summed E-state index contributed by atoms with van der Waals surface area (Å²) in [5, 5.41) is 6.00. The molecule has 0 radical (unpaired) electrons. The number of ether oxygens (including phenoxy) is 1. The van der Waals surface area contributed by atoms with Crippen molar-refractivity contribution in [1.29, 1.82) is 0 Å². The molecular formula is C18H15N3O3. The molecule has 6 heteroatoms. The Kier molecular flexibility index (Phi) is 4.38. The predicted octanol–water partition coefficient (Wildman–Crippen LogP) is 2.82. The zero-order valence-electron chi connectivity index (χ0n) is 12.9. The fourth-order valence-corrected chi connectivity index (χ4v) is 2.31. The third kappa shape index (κ3) is 3.17. The Labute approximate surface area is 138 Å². The zero-order valence-corrected chi connectivity index (χ0v) is 12.9. The van der Waals surface area contributed by atoms with Gasteiger partial charge in [-0.15, -0.1) is 0 Å². The normalized spacial score (nSPS) is 10.2. The van der Waals surface area contributed by atoms with Crippen LogP contribution in [0.15, 0.2) is 60.8 Å². The lowest BCUT2D eigenvalue weighted by Crippen LogP contribution is -2.29. The van der Waals surface area contributed by atoms with Crippen molar-refractivity contribution < 1.29 is 14.3 Å². The number of carbonyl (C=O) groups is 2. The lowest BCUT2D eigenvalue weighted by Gasteiger charge is -2.10. The quantitative estimate of drug-likeness (QED) is 0.727. The fraction of sp³-hybridized carbons (Fsp3) is 0.0556. The highest BCUT2D eigenvalue weighted by Crippen LogP contribution is 2.23. The molecule has 0 saturated carbocycles. The van der Waals surface area contributed by atoms with E-state index < -0.39 is 11.8 Å². The van der Waals surface area contributed by atoms with Gasteiger partial charge in [0.2, 0.25) is 0 Å². The molecule has 0 fully saturated rings. The Morgan fingerprint density at radius 1 is 0.875 bits per heavy atom. The maximum atomic E-state index is 12.2. The minimum Gasteiger partial charge on any atom is -0.495 e. The van der Waals surface area contributed by atoms with Gasteiger partial charge in [0.05, 0.1) is 24.0 Å². The maximum absolute atomic E-state index is 12.2. The molecule has 2 N–H and O–H groups in total. The number of anilines is 2. The summed E-state index contributed by atoms with van der Waals surface area (Å²) in [6, 6.07) is 15.9. The summed E-state index contributed by atoms with van der Waals surface area (Å²) in [5.74, 6) is -1.09. The summed E-state index contributed by atoms with van der Waals surface area (Å²) in [6.07, 6.45) is 1.63. The number of amides is 2. The molecule has 0 bridgehead atoms. The van der Waals surface area contributed by atoms with Crippen LogP contribution >= 0.6 is 0 Å². The minimum atomic E-state index is -0.785. The van der Waals surface area contributed by atoms with Gasteiger partial charge >= 0.3 is 11.8 Å². The molecule has 0 aliphatic heterocycles. The maximum Gasteiger partial charge on any atom is 0.314 e. The van der Waals surface area contributed by atoms with E-state index in [-0.39, 0.29) is 0 Å².